The molecule has 5 heteroatoms. The van der Waals surface area contributed by atoms with Crippen LogP contribution in [0.25, 0.3) is 0 Å². The lowest BCUT2D eigenvalue weighted by Gasteiger charge is -2.42. The van der Waals surface area contributed by atoms with Gasteiger partial charge in [-0.2, -0.15) is 0 Å². The van der Waals surface area contributed by atoms with Crippen molar-refractivity contribution in [3.05, 3.63) is 0 Å². The van der Waals surface area contributed by atoms with Crippen molar-refractivity contribution in [3.63, 3.8) is 0 Å². The minimum atomic E-state index is -0.794. The average Bonchev–Trinajstić information content (AvgIpc) is 2.23. The molecule has 3 N–H and O–H groups in total. The Kier molecular flexibility index (Phi) is 4.93. The number of amides is 1. The molecule has 1 heterocycles. The fraction of sp³-hybridized carbons (Fsp3) is 0.833. The molecule has 1 rings (SSSR count). The van der Waals surface area contributed by atoms with Crippen LogP contribution in [0.4, 0.5) is 0 Å². The number of nitrogens with two attached hydrogens (primary N) is 1. The van der Waals surface area contributed by atoms with Crippen molar-refractivity contribution in [3.8, 4) is 0 Å². The highest BCUT2D eigenvalue weighted by Crippen LogP contribution is 2.24. The van der Waals surface area contributed by atoms with E-state index in [4.69, 9.17) is 10.8 Å². The third-order valence-electron chi connectivity index (χ3n) is 3.50. The summed E-state index contributed by atoms with van der Waals surface area (Å²) in [5.41, 5.74) is 5.79. The predicted octanol–water partition coefficient (Wildman–Crippen LogP) is 0.683. The van der Waals surface area contributed by atoms with Crippen LogP contribution in [0.3, 0.4) is 0 Å². The van der Waals surface area contributed by atoms with Crippen molar-refractivity contribution in [2.75, 3.05) is 13.1 Å². The number of carboxylic acid groups (broad SMARTS) is 1. The van der Waals surface area contributed by atoms with E-state index in [0.717, 1.165) is 12.8 Å². The van der Waals surface area contributed by atoms with Gasteiger partial charge >= 0.3 is 5.97 Å². The van der Waals surface area contributed by atoms with Crippen molar-refractivity contribution < 1.29 is 14.7 Å². The first kappa shape index (κ1) is 14.0. The van der Waals surface area contributed by atoms with Gasteiger partial charge in [-0.1, -0.05) is 26.7 Å². The molecule has 2 unspecified atom stereocenters. The number of hydrogen-bond donors (Lipinski definition) is 2. The Labute approximate surface area is 102 Å². The largest absolute Gasteiger partial charge is 0.481 e. The summed E-state index contributed by atoms with van der Waals surface area (Å²) in [5, 5.41) is 8.84. The standard InChI is InChI=1S/C12H22N2O3/c1-3-4-5-10(13)11(15)14-6-9(7-14)8(2)12(16)17/h8-10H,3-7,13H2,1-2H3,(H,16,17). The molecule has 0 aromatic rings. The number of rotatable bonds is 6. The molecule has 0 aromatic carbocycles. The molecule has 1 aliphatic heterocycles. The van der Waals surface area contributed by atoms with Gasteiger partial charge in [0.15, 0.2) is 0 Å². The Morgan fingerprint density at radius 3 is 2.53 bits per heavy atom. The zero-order valence-corrected chi connectivity index (χ0v) is 10.6. The zero-order valence-electron chi connectivity index (χ0n) is 10.6. The van der Waals surface area contributed by atoms with E-state index in [2.05, 4.69) is 6.92 Å². The molecule has 0 saturated carbocycles. The molecule has 0 aromatic heterocycles. The summed E-state index contributed by atoms with van der Waals surface area (Å²) in [6.45, 7) is 4.81. The Morgan fingerprint density at radius 2 is 2.06 bits per heavy atom. The van der Waals surface area contributed by atoms with Crippen molar-refractivity contribution >= 4 is 11.9 Å². The van der Waals surface area contributed by atoms with Crippen LogP contribution >= 0.6 is 0 Å². The van der Waals surface area contributed by atoms with E-state index in [9.17, 15) is 9.59 Å². The topological polar surface area (TPSA) is 83.6 Å². The molecule has 98 valence electrons. The van der Waals surface area contributed by atoms with Crippen LogP contribution in [-0.2, 0) is 9.59 Å². The van der Waals surface area contributed by atoms with Gasteiger partial charge in [0.1, 0.15) is 0 Å². The normalized spacial score (nSPS) is 19.6. The second kappa shape index (κ2) is 6.00. The summed E-state index contributed by atoms with van der Waals surface area (Å²) in [7, 11) is 0. The van der Waals surface area contributed by atoms with Crippen LogP contribution in [0.1, 0.15) is 33.1 Å². The maximum Gasteiger partial charge on any atom is 0.306 e. The number of aliphatic carboxylic acids is 1. The third kappa shape index (κ3) is 3.43. The fourth-order valence-electron chi connectivity index (χ4n) is 1.99. The number of carbonyl (C=O) groups excluding carboxylic acids is 1. The van der Waals surface area contributed by atoms with Gasteiger partial charge in [0.2, 0.25) is 5.91 Å². The number of likely N-dealkylation sites (tertiary alicyclic amines) is 1. The average molecular weight is 242 g/mol. The molecule has 17 heavy (non-hydrogen) atoms. The number of carboxylic acids is 1. The summed E-state index contributed by atoms with van der Waals surface area (Å²) in [6.07, 6.45) is 2.69. The van der Waals surface area contributed by atoms with Crippen molar-refractivity contribution in [1.29, 1.82) is 0 Å². The molecule has 2 atom stereocenters. The molecular weight excluding hydrogens is 220 g/mol. The summed E-state index contributed by atoms with van der Waals surface area (Å²) in [4.78, 5) is 24.3. The molecular formula is C12H22N2O3. The lowest BCUT2D eigenvalue weighted by atomic mass is 9.86. The molecule has 1 saturated heterocycles. The summed E-state index contributed by atoms with van der Waals surface area (Å²) in [5.74, 6) is -1.13. The zero-order chi connectivity index (χ0) is 13.0. The predicted molar refractivity (Wildman–Crippen MR) is 64.4 cm³/mol. The molecule has 1 amide bonds. The summed E-state index contributed by atoms with van der Waals surface area (Å²) >= 11 is 0. The molecule has 1 fully saturated rings. The van der Waals surface area contributed by atoms with E-state index >= 15 is 0 Å². The minimum Gasteiger partial charge on any atom is -0.481 e. The van der Waals surface area contributed by atoms with Gasteiger partial charge in [0, 0.05) is 19.0 Å². The van der Waals surface area contributed by atoms with Gasteiger partial charge in [0.25, 0.3) is 0 Å². The molecule has 5 nitrogen and oxygen atoms in total. The minimum absolute atomic E-state index is 0.0349. The quantitative estimate of drug-likeness (QED) is 0.717. The lowest BCUT2D eigenvalue weighted by molar-refractivity contribution is -0.151. The third-order valence-corrected chi connectivity index (χ3v) is 3.50. The lowest BCUT2D eigenvalue weighted by Crippen LogP contribution is -2.57. The maximum atomic E-state index is 11.8. The second-order valence-electron chi connectivity index (χ2n) is 4.88. The fourth-order valence-corrected chi connectivity index (χ4v) is 1.99. The van der Waals surface area contributed by atoms with E-state index in [1.807, 2.05) is 0 Å². The first-order chi connectivity index (χ1) is 7.97. The van der Waals surface area contributed by atoms with Crippen LogP contribution in [-0.4, -0.2) is 41.0 Å². The highest BCUT2D eigenvalue weighted by Gasteiger charge is 2.38. The maximum absolute atomic E-state index is 11.8. The van der Waals surface area contributed by atoms with Crippen LogP contribution < -0.4 is 5.73 Å². The number of unbranched alkanes of at least 4 members (excludes halogenated alkanes) is 1. The molecule has 1 aliphatic rings. The van der Waals surface area contributed by atoms with Gasteiger partial charge in [-0.05, 0) is 6.42 Å². The number of carbonyl (C=O) groups is 2. The molecule has 0 bridgehead atoms. The Morgan fingerprint density at radius 1 is 1.47 bits per heavy atom. The van der Waals surface area contributed by atoms with Gasteiger partial charge in [-0.3, -0.25) is 9.59 Å². The number of nitrogens with zero attached hydrogens (tertiary/aromatic N) is 1. The van der Waals surface area contributed by atoms with Gasteiger partial charge in [-0.15, -0.1) is 0 Å². The van der Waals surface area contributed by atoms with Crippen LogP contribution in [0.2, 0.25) is 0 Å². The van der Waals surface area contributed by atoms with Crippen LogP contribution in [0.5, 0.6) is 0 Å². The van der Waals surface area contributed by atoms with E-state index in [0.29, 0.717) is 19.5 Å². The van der Waals surface area contributed by atoms with E-state index < -0.39 is 12.0 Å². The number of hydrogen-bond acceptors (Lipinski definition) is 3. The van der Waals surface area contributed by atoms with Crippen LogP contribution in [0, 0.1) is 11.8 Å². The smallest absolute Gasteiger partial charge is 0.306 e. The molecule has 0 radical (unpaired) electrons. The second-order valence-corrected chi connectivity index (χ2v) is 4.88. The first-order valence-corrected chi connectivity index (χ1v) is 6.24. The van der Waals surface area contributed by atoms with Crippen molar-refractivity contribution in [2.24, 2.45) is 17.6 Å². The van der Waals surface area contributed by atoms with Gasteiger partial charge in [-0.25, -0.2) is 0 Å². The van der Waals surface area contributed by atoms with Crippen LogP contribution in [0.15, 0.2) is 0 Å². The molecule has 0 spiro atoms. The summed E-state index contributed by atoms with van der Waals surface area (Å²) in [6, 6.07) is -0.420. The summed E-state index contributed by atoms with van der Waals surface area (Å²) < 4.78 is 0. The molecule has 0 aliphatic carbocycles. The van der Waals surface area contributed by atoms with E-state index in [-0.39, 0.29) is 17.7 Å². The Bertz CT molecular complexity index is 287. The highest BCUT2D eigenvalue weighted by atomic mass is 16.4. The van der Waals surface area contributed by atoms with E-state index in [1.165, 1.54) is 0 Å². The highest BCUT2D eigenvalue weighted by molar-refractivity contribution is 5.82. The SMILES string of the molecule is CCCCC(N)C(=O)N1CC(C(C)C(=O)O)C1. The Balaban J connectivity index is 2.32. The monoisotopic (exact) mass is 242 g/mol. The van der Waals surface area contributed by atoms with Gasteiger partial charge in [0.05, 0.1) is 12.0 Å². The van der Waals surface area contributed by atoms with Gasteiger partial charge < -0.3 is 15.7 Å². The van der Waals surface area contributed by atoms with E-state index in [1.54, 1.807) is 11.8 Å². The Hall–Kier alpha value is -1.10. The first-order valence-electron chi connectivity index (χ1n) is 6.24. The van der Waals surface area contributed by atoms with Crippen molar-refractivity contribution in [2.45, 2.75) is 39.2 Å². The van der Waals surface area contributed by atoms with Crippen molar-refractivity contribution in [1.82, 2.24) is 4.90 Å².